The van der Waals surface area contributed by atoms with Crippen molar-refractivity contribution in [3.8, 4) is 11.3 Å². The van der Waals surface area contributed by atoms with Crippen molar-refractivity contribution in [1.29, 1.82) is 0 Å². The van der Waals surface area contributed by atoms with Gasteiger partial charge in [0.05, 0.1) is 18.9 Å². The summed E-state index contributed by atoms with van der Waals surface area (Å²) in [5.74, 6) is 0.349. The van der Waals surface area contributed by atoms with Gasteiger partial charge in [0.15, 0.2) is 5.13 Å². The summed E-state index contributed by atoms with van der Waals surface area (Å²) >= 11 is 1.41. The highest BCUT2D eigenvalue weighted by Gasteiger charge is 2.09. The van der Waals surface area contributed by atoms with Crippen molar-refractivity contribution >= 4 is 22.4 Å². The fourth-order valence-electron chi connectivity index (χ4n) is 2.14. The number of amides is 1. The number of methoxy groups -OCH3 is 1. The Morgan fingerprint density at radius 2 is 2.04 bits per heavy atom. The molecular formula is C18H24N2O3S. The molecule has 0 fully saturated rings. The number of anilines is 1. The molecule has 0 radical (unpaired) electrons. The number of hydrogen-bond donors (Lipinski definition) is 1. The van der Waals surface area contributed by atoms with E-state index in [1.807, 2.05) is 5.38 Å². The van der Waals surface area contributed by atoms with Crippen LogP contribution in [0.5, 0.6) is 0 Å². The Morgan fingerprint density at radius 3 is 2.71 bits per heavy atom. The third-order valence-electron chi connectivity index (χ3n) is 3.80. The zero-order valence-corrected chi connectivity index (χ0v) is 15.2. The van der Waals surface area contributed by atoms with Crippen molar-refractivity contribution < 1.29 is 14.3 Å². The van der Waals surface area contributed by atoms with Gasteiger partial charge in [-0.2, -0.15) is 0 Å². The molecule has 1 heterocycles. The van der Waals surface area contributed by atoms with E-state index in [0.29, 0.717) is 24.3 Å². The van der Waals surface area contributed by atoms with Crippen LogP contribution in [0.25, 0.3) is 11.3 Å². The number of carbonyl (C=O) groups excluding carboxylic acids is 1. The van der Waals surface area contributed by atoms with Gasteiger partial charge in [-0.1, -0.05) is 38.1 Å². The minimum Gasteiger partial charge on any atom is -0.382 e. The third kappa shape index (κ3) is 5.40. The number of ether oxygens (including phenoxy) is 2. The van der Waals surface area contributed by atoms with E-state index >= 15 is 0 Å². The summed E-state index contributed by atoms with van der Waals surface area (Å²) in [5.41, 5.74) is 3.25. The van der Waals surface area contributed by atoms with Gasteiger partial charge < -0.3 is 9.47 Å². The Hall–Kier alpha value is -1.76. The van der Waals surface area contributed by atoms with Gasteiger partial charge in [0, 0.05) is 18.1 Å². The first-order chi connectivity index (χ1) is 11.6. The van der Waals surface area contributed by atoms with Gasteiger partial charge in [-0.25, -0.2) is 4.98 Å². The van der Waals surface area contributed by atoms with E-state index in [1.54, 1.807) is 7.11 Å². The molecule has 6 heteroatoms. The lowest BCUT2D eigenvalue weighted by Crippen LogP contribution is -2.19. The Morgan fingerprint density at radius 1 is 1.29 bits per heavy atom. The normalized spacial score (nSPS) is 12.1. The molecule has 24 heavy (non-hydrogen) atoms. The molecule has 0 aliphatic heterocycles. The van der Waals surface area contributed by atoms with Crippen molar-refractivity contribution in [2.75, 3.05) is 32.2 Å². The van der Waals surface area contributed by atoms with Gasteiger partial charge in [0.1, 0.15) is 6.61 Å². The van der Waals surface area contributed by atoms with Crippen LogP contribution in [0.4, 0.5) is 5.13 Å². The van der Waals surface area contributed by atoms with Gasteiger partial charge >= 0.3 is 0 Å². The Bertz CT molecular complexity index is 640. The molecule has 1 atom stereocenters. The molecule has 0 aliphatic carbocycles. The fraction of sp³-hybridized carbons (Fsp3) is 0.444. The maximum atomic E-state index is 11.8. The molecule has 0 aliphatic rings. The van der Waals surface area contributed by atoms with Gasteiger partial charge in [0.2, 0.25) is 0 Å². The van der Waals surface area contributed by atoms with E-state index in [9.17, 15) is 4.79 Å². The minimum absolute atomic E-state index is 0.00186. The van der Waals surface area contributed by atoms with Crippen LogP contribution in [0.1, 0.15) is 31.7 Å². The monoisotopic (exact) mass is 348 g/mol. The molecule has 0 spiro atoms. The summed E-state index contributed by atoms with van der Waals surface area (Å²) in [6.45, 7) is 5.28. The predicted molar refractivity (Wildman–Crippen MR) is 97.6 cm³/mol. The Balaban J connectivity index is 1.91. The topological polar surface area (TPSA) is 60.5 Å². The van der Waals surface area contributed by atoms with Crippen LogP contribution < -0.4 is 5.32 Å². The van der Waals surface area contributed by atoms with E-state index < -0.39 is 0 Å². The number of nitrogens with zero attached hydrogens (tertiary/aromatic N) is 1. The summed E-state index contributed by atoms with van der Waals surface area (Å²) < 4.78 is 10.0. The zero-order valence-electron chi connectivity index (χ0n) is 14.4. The molecule has 0 saturated heterocycles. The van der Waals surface area contributed by atoms with Crippen LogP contribution in [0, 0.1) is 0 Å². The highest BCUT2D eigenvalue weighted by molar-refractivity contribution is 7.14. The lowest BCUT2D eigenvalue weighted by atomic mass is 9.97. The number of aromatic nitrogens is 1. The number of carbonyl (C=O) groups is 1. The molecule has 1 N–H and O–H groups in total. The molecule has 2 aromatic rings. The summed E-state index contributed by atoms with van der Waals surface area (Å²) in [6, 6.07) is 8.45. The summed E-state index contributed by atoms with van der Waals surface area (Å²) in [4.78, 5) is 16.2. The average Bonchev–Trinajstić information content (AvgIpc) is 3.06. The predicted octanol–water partition coefficient (Wildman–Crippen LogP) is 3.93. The van der Waals surface area contributed by atoms with Crippen LogP contribution in [-0.4, -0.2) is 37.8 Å². The van der Waals surface area contributed by atoms with Gasteiger partial charge in [-0.3, -0.25) is 10.1 Å². The fourth-order valence-corrected chi connectivity index (χ4v) is 2.88. The number of thiazole rings is 1. The second-order valence-electron chi connectivity index (χ2n) is 5.56. The Kier molecular flexibility index (Phi) is 7.36. The van der Waals surface area contributed by atoms with Crippen LogP contribution >= 0.6 is 11.3 Å². The first-order valence-electron chi connectivity index (χ1n) is 8.06. The van der Waals surface area contributed by atoms with Gasteiger partial charge in [-0.15, -0.1) is 11.3 Å². The second kappa shape index (κ2) is 9.52. The van der Waals surface area contributed by atoms with Crippen molar-refractivity contribution in [2.45, 2.75) is 26.2 Å². The molecule has 5 nitrogen and oxygen atoms in total. The van der Waals surface area contributed by atoms with E-state index in [-0.39, 0.29) is 12.5 Å². The molecule has 0 bridgehead atoms. The summed E-state index contributed by atoms with van der Waals surface area (Å²) in [7, 11) is 1.59. The van der Waals surface area contributed by atoms with Crippen molar-refractivity contribution in [3.63, 3.8) is 0 Å². The molecule has 0 saturated carbocycles. The van der Waals surface area contributed by atoms with Crippen molar-refractivity contribution in [1.82, 2.24) is 4.98 Å². The van der Waals surface area contributed by atoms with Crippen LogP contribution in [0.15, 0.2) is 29.6 Å². The Labute approximate surface area is 147 Å². The molecule has 1 aromatic carbocycles. The number of benzene rings is 1. The zero-order chi connectivity index (χ0) is 17.4. The quantitative estimate of drug-likeness (QED) is 0.698. The SMILES string of the molecule is CCC(C)c1ccc(-c2csc(NC(=O)COCCOC)n2)cc1. The smallest absolute Gasteiger partial charge is 0.252 e. The second-order valence-corrected chi connectivity index (χ2v) is 6.42. The van der Waals surface area contributed by atoms with E-state index in [2.05, 4.69) is 48.4 Å². The number of nitrogens with one attached hydrogen (secondary N) is 1. The summed E-state index contributed by atoms with van der Waals surface area (Å²) in [5, 5.41) is 5.27. The van der Waals surface area contributed by atoms with E-state index in [4.69, 9.17) is 9.47 Å². The number of hydrogen-bond acceptors (Lipinski definition) is 5. The van der Waals surface area contributed by atoms with E-state index in [0.717, 1.165) is 17.7 Å². The lowest BCUT2D eigenvalue weighted by molar-refractivity contribution is -0.121. The van der Waals surface area contributed by atoms with Crippen LogP contribution in [0.2, 0.25) is 0 Å². The maximum Gasteiger partial charge on any atom is 0.252 e. The van der Waals surface area contributed by atoms with Crippen LogP contribution in [-0.2, 0) is 14.3 Å². The summed E-state index contributed by atoms with van der Waals surface area (Å²) in [6.07, 6.45) is 1.12. The molecular weight excluding hydrogens is 324 g/mol. The molecule has 2 rings (SSSR count). The minimum atomic E-state index is -0.209. The molecule has 130 valence electrons. The first kappa shape index (κ1) is 18.6. The first-order valence-corrected chi connectivity index (χ1v) is 8.94. The largest absolute Gasteiger partial charge is 0.382 e. The lowest BCUT2D eigenvalue weighted by Gasteiger charge is -2.08. The molecule has 1 unspecified atom stereocenters. The average molecular weight is 348 g/mol. The van der Waals surface area contributed by atoms with Crippen LogP contribution in [0.3, 0.4) is 0 Å². The van der Waals surface area contributed by atoms with Gasteiger partial charge in [-0.05, 0) is 17.9 Å². The standard InChI is InChI=1S/C18H24N2O3S/c1-4-13(2)14-5-7-15(8-6-14)16-12-24-18(19-16)20-17(21)11-23-10-9-22-3/h5-8,12-13H,4,9-11H2,1-3H3,(H,19,20,21). The highest BCUT2D eigenvalue weighted by Crippen LogP contribution is 2.27. The molecule has 1 amide bonds. The third-order valence-corrected chi connectivity index (χ3v) is 4.56. The number of rotatable bonds is 9. The van der Waals surface area contributed by atoms with Crippen molar-refractivity contribution in [3.05, 3.63) is 35.2 Å². The van der Waals surface area contributed by atoms with E-state index in [1.165, 1.54) is 16.9 Å². The van der Waals surface area contributed by atoms with Gasteiger partial charge in [0.25, 0.3) is 5.91 Å². The molecule has 1 aromatic heterocycles. The highest BCUT2D eigenvalue weighted by atomic mass is 32.1. The van der Waals surface area contributed by atoms with Crippen molar-refractivity contribution in [2.24, 2.45) is 0 Å². The maximum absolute atomic E-state index is 11.8.